The van der Waals surface area contributed by atoms with Crippen molar-refractivity contribution in [1.29, 1.82) is 0 Å². The second kappa shape index (κ2) is 6.52. The van der Waals surface area contributed by atoms with Gasteiger partial charge < -0.3 is 10.1 Å². The molecule has 3 aromatic rings. The first kappa shape index (κ1) is 13.8. The molecule has 4 heteroatoms. The van der Waals surface area contributed by atoms with E-state index in [9.17, 15) is 0 Å². The Kier molecular flexibility index (Phi) is 4.28. The zero-order valence-electron chi connectivity index (χ0n) is 12.1. The summed E-state index contributed by atoms with van der Waals surface area (Å²) in [5, 5.41) is 7.81. The van der Waals surface area contributed by atoms with Gasteiger partial charge in [0.05, 0.1) is 18.3 Å². The molecule has 0 radical (unpaired) electrons. The lowest BCUT2D eigenvalue weighted by atomic mass is 10.1. The maximum atomic E-state index is 5.16. The van der Waals surface area contributed by atoms with Gasteiger partial charge in [-0.15, -0.1) is 0 Å². The summed E-state index contributed by atoms with van der Waals surface area (Å²) in [6, 6.07) is 14.6. The van der Waals surface area contributed by atoms with Gasteiger partial charge in [-0.1, -0.05) is 30.3 Å². The SMILES string of the molecule is COCc1cccc(CNCc2cnn3ccccc23)c1. The number of hydrogen-bond acceptors (Lipinski definition) is 3. The van der Waals surface area contributed by atoms with Crippen molar-refractivity contribution in [2.75, 3.05) is 7.11 Å². The van der Waals surface area contributed by atoms with Crippen LogP contribution in [0.2, 0.25) is 0 Å². The van der Waals surface area contributed by atoms with Crippen LogP contribution in [-0.2, 0) is 24.4 Å². The van der Waals surface area contributed by atoms with E-state index in [2.05, 4.69) is 40.7 Å². The number of nitrogens with one attached hydrogen (secondary N) is 1. The minimum atomic E-state index is 0.655. The summed E-state index contributed by atoms with van der Waals surface area (Å²) in [6.07, 6.45) is 3.89. The van der Waals surface area contributed by atoms with Gasteiger partial charge in [0, 0.05) is 32.0 Å². The maximum absolute atomic E-state index is 5.16. The van der Waals surface area contributed by atoms with Gasteiger partial charge in [-0.25, -0.2) is 4.52 Å². The first-order chi connectivity index (χ1) is 10.4. The van der Waals surface area contributed by atoms with E-state index in [-0.39, 0.29) is 0 Å². The van der Waals surface area contributed by atoms with Gasteiger partial charge >= 0.3 is 0 Å². The highest BCUT2D eigenvalue weighted by molar-refractivity contribution is 5.53. The Bertz CT molecular complexity index is 721. The number of ether oxygens (including phenoxy) is 1. The second-order valence-corrected chi connectivity index (χ2v) is 5.06. The molecule has 2 heterocycles. The Hall–Kier alpha value is -2.17. The molecule has 21 heavy (non-hydrogen) atoms. The zero-order valence-corrected chi connectivity index (χ0v) is 12.1. The molecule has 0 spiro atoms. The fourth-order valence-electron chi connectivity index (χ4n) is 2.46. The Morgan fingerprint density at radius 2 is 2.00 bits per heavy atom. The van der Waals surface area contributed by atoms with Crippen LogP contribution in [-0.4, -0.2) is 16.7 Å². The van der Waals surface area contributed by atoms with E-state index >= 15 is 0 Å². The van der Waals surface area contributed by atoms with Crippen molar-refractivity contribution in [2.24, 2.45) is 0 Å². The van der Waals surface area contributed by atoms with E-state index in [0.717, 1.165) is 18.6 Å². The summed E-state index contributed by atoms with van der Waals surface area (Å²) in [6.45, 7) is 2.30. The number of nitrogens with zero attached hydrogens (tertiary/aromatic N) is 2. The molecule has 1 aromatic carbocycles. The molecule has 2 aromatic heterocycles. The van der Waals surface area contributed by atoms with Crippen molar-refractivity contribution < 1.29 is 4.74 Å². The van der Waals surface area contributed by atoms with Gasteiger partial charge in [0.15, 0.2) is 0 Å². The standard InChI is InChI=1S/C17H19N3O/c1-21-13-15-6-4-5-14(9-15)10-18-11-16-12-19-20-8-3-2-7-17(16)20/h2-9,12,18H,10-11,13H2,1H3. The fourth-order valence-corrected chi connectivity index (χ4v) is 2.46. The third kappa shape index (κ3) is 3.29. The van der Waals surface area contributed by atoms with Crippen LogP contribution < -0.4 is 5.32 Å². The van der Waals surface area contributed by atoms with Crippen LogP contribution in [0.15, 0.2) is 54.9 Å². The third-order valence-corrected chi connectivity index (χ3v) is 3.45. The topological polar surface area (TPSA) is 38.6 Å². The average molecular weight is 281 g/mol. The van der Waals surface area contributed by atoms with E-state index in [0.29, 0.717) is 6.61 Å². The van der Waals surface area contributed by atoms with Gasteiger partial charge in [0.2, 0.25) is 0 Å². The van der Waals surface area contributed by atoms with E-state index in [1.807, 2.05) is 29.0 Å². The first-order valence-electron chi connectivity index (χ1n) is 7.05. The Balaban J connectivity index is 1.62. The Morgan fingerprint density at radius 3 is 2.90 bits per heavy atom. The molecule has 0 aliphatic heterocycles. The summed E-state index contributed by atoms with van der Waals surface area (Å²) < 4.78 is 7.06. The van der Waals surface area contributed by atoms with Crippen molar-refractivity contribution in [1.82, 2.24) is 14.9 Å². The van der Waals surface area contributed by atoms with E-state index in [1.54, 1.807) is 7.11 Å². The van der Waals surface area contributed by atoms with E-state index < -0.39 is 0 Å². The molecule has 3 rings (SSSR count). The molecule has 1 N–H and O–H groups in total. The number of methoxy groups -OCH3 is 1. The molecule has 0 amide bonds. The van der Waals surface area contributed by atoms with Crippen LogP contribution >= 0.6 is 0 Å². The number of benzene rings is 1. The Morgan fingerprint density at radius 1 is 1.10 bits per heavy atom. The highest BCUT2D eigenvalue weighted by atomic mass is 16.5. The van der Waals surface area contributed by atoms with Crippen LogP contribution in [0, 0.1) is 0 Å². The number of rotatable bonds is 6. The van der Waals surface area contributed by atoms with Crippen LogP contribution in [0.25, 0.3) is 5.52 Å². The molecule has 4 nitrogen and oxygen atoms in total. The van der Waals surface area contributed by atoms with Gasteiger partial charge in [0.25, 0.3) is 0 Å². The summed E-state index contributed by atoms with van der Waals surface area (Å²) in [7, 11) is 1.72. The quantitative estimate of drug-likeness (QED) is 0.755. The van der Waals surface area contributed by atoms with Crippen molar-refractivity contribution in [3.05, 3.63) is 71.5 Å². The highest BCUT2D eigenvalue weighted by Gasteiger charge is 2.02. The second-order valence-electron chi connectivity index (χ2n) is 5.06. The molecular formula is C17H19N3O. The van der Waals surface area contributed by atoms with Crippen LogP contribution in [0.1, 0.15) is 16.7 Å². The van der Waals surface area contributed by atoms with Crippen molar-refractivity contribution >= 4 is 5.52 Å². The maximum Gasteiger partial charge on any atom is 0.0713 e. The average Bonchev–Trinajstić information content (AvgIpc) is 2.92. The van der Waals surface area contributed by atoms with Gasteiger partial charge in [-0.05, 0) is 23.3 Å². The molecule has 0 aliphatic rings. The number of hydrogen-bond donors (Lipinski definition) is 1. The van der Waals surface area contributed by atoms with E-state index in [4.69, 9.17) is 4.74 Å². The molecular weight excluding hydrogens is 262 g/mol. The van der Waals surface area contributed by atoms with Crippen molar-refractivity contribution in [3.8, 4) is 0 Å². The van der Waals surface area contributed by atoms with Crippen LogP contribution in [0.3, 0.4) is 0 Å². The third-order valence-electron chi connectivity index (χ3n) is 3.45. The van der Waals surface area contributed by atoms with Crippen molar-refractivity contribution in [2.45, 2.75) is 19.7 Å². The molecule has 0 bridgehead atoms. The molecule has 0 saturated carbocycles. The molecule has 0 unspecified atom stereocenters. The van der Waals surface area contributed by atoms with Crippen molar-refractivity contribution in [3.63, 3.8) is 0 Å². The molecule has 0 saturated heterocycles. The zero-order chi connectivity index (χ0) is 14.5. The van der Waals surface area contributed by atoms with E-state index in [1.165, 1.54) is 16.7 Å². The number of pyridine rings is 1. The largest absolute Gasteiger partial charge is 0.380 e. The Labute approximate surface area is 124 Å². The molecule has 0 aliphatic carbocycles. The first-order valence-corrected chi connectivity index (χ1v) is 7.05. The fraction of sp³-hybridized carbons (Fsp3) is 0.235. The lowest BCUT2D eigenvalue weighted by Crippen LogP contribution is -2.12. The minimum Gasteiger partial charge on any atom is -0.380 e. The summed E-state index contributed by atoms with van der Waals surface area (Å²) >= 11 is 0. The molecule has 0 fully saturated rings. The van der Waals surface area contributed by atoms with Crippen LogP contribution in [0.4, 0.5) is 0 Å². The summed E-state index contributed by atoms with van der Waals surface area (Å²) in [4.78, 5) is 0. The summed E-state index contributed by atoms with van der Waals surface area (Å²) in [5.74, 6) is 0. The smallest absolute Gasteiger partial charge is 0.0713 e. The predicted molar refractivity (Wildman–Crippen MR) is 82.9 cm³/mol. The van der Waals surface area contributed by atoms with Gasteiger partial charge in [-0.3, -0.25) is 0 Å². The van der Waals surface area contributed by atoms with Crippen LogP contribution in [0.5, 0.6) is 0 Å². The number of fused-ring (bicyclic) bond motifs is 1. The lowest BCUT2D eigenvalue weighted by Gasteiger charge is -2.06. The lowest BCUT2D eigenvalue weighted by molar-refractivity contribution is 0.185. The summed E-state index contributed by atoms with van der Waals surface area (Å²) in [5.41, 5.74) is 4.83. The highest BCUT2D eigenvalue weighted by Crippen LogP contribution is 2.10. The predicted octanol–water partition coefficient (Wildman–Crippen LogP) is 2.77. The minimum absolute atomic E-state index is 0.655. The monoisotopic (exact) mass is 281 g/mol. The van der Waals surface area contributed by atoms with Gasteiger partial charge in [0.1, 0.15) is 0 Å². The normalized spacial score (nSPS) is 11.1. The molecule has 0 atom stereocenters. The molecule has 108 valence electrons. The number of aromatic nitrogens is 2. The van der Waals surface area contributed by atoms with Gasteiger partial charge in [-0.2, -0.15) is 5.10 Å².